The maximum Gasteiger partial charge on any atom is 0.225 e. The maximum absolute atomic E-state index is 12.2. The van der Waals surface area contributed by atoms with Crippen LogP contribution in [-0.4, -0.2) is 47.2 Å². The summed E-state index contributed by atoms with van der Waals surface area (Å²) in [6.07, 6.45) is 7.44. The van der Waals surface area contributed by atoms with E-state index < -0.39 is 0 Å². The molecule has 2 saturated heterocycles. The van der Waals surface area contributed by atoms with Gasteiger partial charge < -0.3 is 14.4 Å². The van der Waals surface area contributed by atoms with Gasteiger partial charge in [-0.25, -0.2) is 0 Å². The molecule has 1 aliphatic carbocycles. The summed E-state index contributed by atoms with van der Waals surface area (Å²) in [5.74, 6) is 1.41. The topological polar surface area (TPSA) is 51.7 Å². The van der Waals surface area contributed by atoms with Crippen LogP contribution in [0.2, 0.25) is 0 Å². The molecule has 0 aromatic carbocycles. The largest absolute Gasteiger partial charge is 0.486 e. The normalized spacial score (nSPS) is 31.8. The van der Waals surface area contributed by atoms with Crippen LogP contribution in [0.1, 0.15) is 25.7 Å². The van der Waals surface area contributed by atoms with Crippen LogP contribution in [0.4, 0.5) is 0 Å². The molecule has 5 nitrogen and oxygen atoms in total. The lowest BCUT2D eigenvalue weighted by Crippen LogP contribution is -2.36. The Bertz CT molecular complexity index is 532. The van der Waals surface area contributed by atoms with Gasteiger partial charge in [-0.05, 0) is 31.4 Å². The number of pyridine rings is 1. The zero-order chi connectivity index (χ0) is 14.3. The lowest BCUT2D eigenvalue weighted by atomic mass is 9.98. The van der Waals surface area contributed by atoms with Crippen LogP contribution in [0.5, 0.6) is 5.75 Å². The number of likely N-dealkylation sites (tertiary alicyclic amines) is 1. The zero-order valence-electron chi connectivity index (χ0n) is 12.0. The van der Waals surface area contributed by atoms with Crippen molar-refractivity contribution < 1.29 is 14.3 Å². The highest BCUT2D eigenvalue weighted by Gasteiger charge is 2.49. The average molecular weight is 288 g/mol. The molecule has 1 spiro atoms. The lowest BCUT2D eigenvalue weighted by Gasteiger charge is -2.23. The first-order valence-electron chi connectivity index (χ1n) is 7.74. The molecule has 2 atom stereocenters. The molecule has 2 aliphatic heterocycles. The SMILES string of the molecule is O=C(C1CC1)N1CCC2(CC(Oc3cccnc3)CO2)C1. The summed E-state index contributed by atoms with van der Waals surface area (Å²) in [6, 6.07) is 3.78. The van der Waals surface area contributed by atoms with E-state index in [0.717, 1.165) is 44.5 Å². The third-order valence-electron chi connectivity index (χ3n) is 4.67. The van der Waals surface area contributed by atoms with E-state index in [9.17, 15) is 4.79 Å². The zero-order valence-corrected chi connectivity index (χ0v) is 12.0. The van der Waals surface area contributed by atoms with Crippen molar-refractivity contribution in [3.05, 3.63) is 24.5 Å². The predicted molar refractivity (Wildman–Crippen MR) is 75.9 cm³/mol. The molecule has 1 aromatic rings. The van der Waals surface area contributed by atoms with Gasteiger partial charge in [-0.1, -0.05) is 0 Å². The van der Waals surface area contributed by atoms with Crippen LogP contribution in [-0.2, 0) is 9.53 Å². The fourth-order valence-electron chi connectivity index (χ4n) is 3.39. The fraction of sp³-hybridized carbons (Fsp3) is 0.625. The van der Waals surface area contributed by atoms with Crippen LogP contribution < -0.4 is 4.74 Å². The summed E-state index contributed by atoms with van der Waals surface area (Å²) >= 11 is 0. The van der Waals surface area contributed by atoms with Crippen molar-refractivity contribution in [3.8, 4) is 5.75 Å². The Kier molecular flexibility index (Phi) is 3.10. The summed E-state index contributed by atoms with van der Waals surface area (Å²) in [5, 5.41) is 0. The quantitative estimate of drug-likeness (QED) is 0.848. The summed E-state index contributed by atoms with van der Waals surface area (Å²) < 4.78 is 12.0. The Balaban J connectivity index is 1.36. The van der Waals surface area contributed by atoms with E-state index in [4.69, 9.17) is 9.47 Å². The van der Waals surface area contributed by atoms with Crippen LogP contribution in [0.25, 0.3) is 0 Å². The molecule has 0 radical (unpaired) electrons. The van der Waals surface area contributed by atoms with Crippen molar-refractivity contribution in [1.82, 2.24) is 9.88 Å². The molecule has 1 saturated carbocycles. The number of hydrogen-bond donors (Lipinski definition) is 0. The van der Waals surface area contributed by atoms with Crippen molar-refractivity contribution in [2.75, 3.05) is 19.7 Å². The van der Waals surface area contributed by atoms with Gasteiger partial charge in [0.05, 0.1) is 18.4 Å². The predicted octanol–water partition coefficient (Wildman–Crippen LogP) is 1.63. The molecule has 5 heteroatoms. The molecule has 3 aliphatic rings. The first-order valence-corrected chi connectivity index (χ1v) is 7.74. The molecule has 112 valence electrons. The van der Waals surface area contributed by atoms with Crippen molar-refractivity contribution in [1.29, 1.82) is 0 Å². The van der Waals surface area contributed by atoms with Gasteiger partial charge >= 0.3 is 0 Å². The minimum absolute atomic E-state index is 0.0603. The van der Waals surface area contributed by atoms with Crippen molar-refractivity contribution in [2.24, 2.45) is 5.92 Å². The molecule has 1 aromatic heterocycles. The highest BCUT2D eigenvalue weighted by molar-refractivity contribution is 5.81. The van der Waals surface area contributed by atoms with Crippen LogP contribution >= 0.6 is 0 Å². The molecule has 0 bridgehead atoms. The molecule has 3 heterocycles. The number of hydrogen-bond acceptors (Lipinski definition) is 4. The minimum Gasteiger partial charge on any atom is -0.486 e. The lowest BCUT2D eigenvalue weighted by molar-refractivity contribution is -0.132. The second-order valence-electron chi connectivity index (χ2n) is 6.41. The molecular formula is C16H20N2O3. The molecule has 1 amide bonds. The van der Waals surface area contributed by atoms with E-state index in [2.05, 4.69) is 4.98 Å². The van der Waals surface area contributed by atoms with Gasteiger partial charge in [-0.3, -0.25) is 9.78 Å². The van der Waals surface area contributed by atoms with Crippen LogP contribution in [0, 0.1) is 5.92 Å². The van der Waals surface area contributed by atoms with Crippen LogP contribution in [0.15, 0.2) is 24.5 Å². The first kappa shape index (κ1) is 13.1. The number of amides is 1. The Morgan fingerprint density at radius 2 is 2.38 bits per heavy atom. The standard InChI is InChI=1S/C16H20N2O3/c19-15(12-3-4-12)18-7-5-16(11-18)8-14(10-20-16)21-13-2-1-6-17-9-13/h1-2,6,9,12,14H,3-5,7-8,10-11H2. The van der Waals surface area contributed by atoms with E-state index in [1.165, 1.54) is 0 Å². The average Bonchev–Trinajstić information content (AvgIpc) is 3.17. The Morgan fingerprint density at radius 3 is 3.14 bits per heavy atom. The summed E-state index contributed by atoms with van der Waals surface area (Å²) in [5.41, 5.74) is -0.183. The van der Waals surface area contributed by atoms with Gasteiger partial charge in [0, 0.05) is 31.6 Å². The second kappa shape index (κ2) is 4.98. The molecule has 3 fully saturated rings. The molecule has 0 N–H and O–H groups in total. The second-order valence-corrected chi connectivity index (χ2v) is 6.41. The number of ether oxygens (including phenoxy) is 2. The van der Waals surface area contributed by atoms with E-state index in [0.29, 0.717) is 18.4 Å². The van der Waals surface area contributed by atoms with E-state index in [1.807, 2.05) is 17.0 Å². The van der Waals surface area contributed by atoms with Crippen molar-refractivity contribution >= 4 is 5.91 Å². The van der Waals surface area contributed by atoms with E-state index in [1.54, 1.807) is 12.4 Å². The van der Waals surface area contributed by atoms with Gasteiger partial charge in [-0.15, -0.1) is 0 Å². The maximum atomic E-state index is 12.2. The van der Waals surface area contributed by atoms with Crippen molar-refractivity contribution in [3.63, 3.8) is 0 Å². The number of carbonyl (C=O) groups excluding carboxylic acids is 1. The third kappa shape index (κ3) is 2.62. The van der Waals surface area contributed by atoms with Gasteiger partial charge in [0.15, 0.2) is 0 Å². The highest BCUT2D eigenvalue weighted by Crippen LogP contribution is 2.39. The molecule has 2 unspecified atom stereocenters. The van der Waals surface area contributed by atoms with Crippen molar-refractivity contribution in [2.45, 2.75) is 37.4 Å². The minimum atomic E-state index is -0.183. The van der Waals surface area contributed by atoms with E-state index >= 15 is 0 Å². The Morgan fingerprint density at radius 1 is 1.48 bits per heavy atom. The van der Waals surface area contributed by atoms with Crippen LogP contribution in [0.3, 0.4) is 0 Å². The number of rotatable bonds is 3. The van der Waals surface area contributed by atoms with Gasteiger partial charge in [0.1, 0.15) is 11.9 Å². The van der Waals surface area contributed by atoms with Gasteiger partial charge in [0.2, 0.25) is 5.91 Å². The molecular weight excluding hydrogens is 268 g/mol. The summed E-state index contributed by atoms with van der Waals surface area (Å²) in [6.45, 7) is 2.16. The number of carbonyl (C=O) groups is 1. The third-order valence-corrected chi connectivity index (χ3v) is 4.67. The summed E-state index contributed by atoms with van der Waals surface area (Å²) in [7, 11) is 0. The summed E-state index contributed by atoms with van der Waals surface area (Å²) in [4.78, 5) is 18.2. The Labute approximate surface area is 124 Å². The van der Waals surface area contributed by atoms with E-state index in [-0.39, 0.29) is 11.7 Å². The monoisotopic (exact) mass is 288 g/mol. The molecule has 4 rings (SSSR count). The Hall–Kier alpha value is -1.62. The highest BCUT2D eigenvalue weighted by atomic mass is 16.6. The number of aromatic nitrogens is 1. The molecule has 21 heavy (non-hydrogen) atoms. The van der Waals surface area contributed by atoms with Gasteiger partial charge in [-0.2, -0.15) is 0 Å². The smallest absolute Gasteiger partial charge is 0.225 e. The first-order chi connectivity index (χ1) is 10.2. The van der Waals surface area contributed by atoms with Gasteiger partial charge in [0.25, 0.3) is 0 Å². The fourth-order valence-corrected chi connectivity index (χ4v) is 3.39. The number of nitrogens with zero attached hydrogens (tertiary/aromatic N) is 2.